The van der Waals surface area contributed by atoms with Crippen LogP contribution in [0.25, 0.3) is 0 Å². The lowest BCUT2D eigenvalue weighted by molar-refractivity contribution is 0.0511. The van der Waals surface area contributed by atoms with Crippen molar-refractivity contribution < 1.29 is 14.4 Å². The van der Waals surface area contributed by atoms with Crippen LogP contribution in [0, 0.1) is 5.92 Å². The van der Waals surface area contributed by atoms with E-state index >= 15 is 0 Å². The van der Waals surface area contributed by atoms with E-state index in [1.807, 2.05) is 0 Å². The van der Waals surface area contributed by atoms with Crippen molar-refractivity contribution in [1.82, 2.24) is 4.90 Å². The Kier molecular flexibility index (Phi) is 8.06. The summed E-state index contributed by atoms with van der Waals surface area (Å²) in [5.74, 6) is 0.665. The molecule has 0 saturated heterocycles. The molecule has 1 aliphatic rings. The molecule has 1 aromatic rings. The number of halogens is 1. The molecule has 0 N–H and O–H groups in total. The van der Waals surface area contributed by atoms with E-state index in [0.717, 1.165) is 31.5 Å². The molecule has 1 aliphatic carbocycles. The van der Waals surface area contributed by atoms with Gasteiger partial charge in [0.2, 0.25) is 0 Å². The van der Waals surface area contributed by atoms with Crippen LogP contribution < -0.4 is 4.74 Å². The molecule has 1 aromatic carbocycles. The number of oxime groups is 1. The van der Waals surface area contributed by atoms with Crippen LogP contribution in [0.4, 0.5) is 0 Å². The van der Waals surface area contributed by atoms with Crippen LogP contribution >= 0.6 is 12.4 Å². The zero-order chi connectivity index (χ0) is 15.9. The van der Waals surface area contributed by atoms with E-state index in [0.29, 0.717) is 17.2 Å². The predicted octanol–water partition coefficient (Wildman–Crippen LogP) is 3.38. The first-order chi connectivity index (χ1) is 10.6. The van der Waals surface area contributed by atoms with E-state index in [2.05, 4.69) is 24.2 Å². The Labute approximate surface area is 144 Å². The van der Waals surface area contributed by atoms with Crippen molar-refractivity contribution >= 4 is 24.1 Å². The van der Waals surface area contributed by atoms with Crippen molar-refractivity contribution in [3.63, 3.8) is 0 Å². The van der Waals surface area contributed by atoms with Gasteiger partial charge in [0.15, 0.2) is 0 Å². The quantitative estimate of drug-likeness (QED) is 0.609. The molecule has 128 valence electrons. The lowest BCUT2D eigenvalue weighted by Gasteiger charge is -2.25. The topological polar surface area (TPSA) is 51.1 Å². The van der Waals surface area contributed by atoms with E-state index in [1.165, 1.54) is 6.42 Å². The summed E-state index contributed by atoms with van der Waals surface area (Å²) in [6, 6.07) is 6.83. The summed E-state index contributed by atoms with van der Waals surface area (Å²) in [5.41, 5.74) is 1.48. The SMILES string of the molecule is COc1ccc(C(=O)O/N=C2/CCCCC2CN(C)C)cc1.Cl. The average molecular weight is 341 g/mol. The minimum Gasteiger partial charge on any atom is -0.497 e. The van der Waals surface area contributed by atoms with Crippen molar-refractivity contribution in [2.45, 2.75) is 25.7 Å². The maximum Gasteiger partial charge on any atom is 0.365 e. The summed E-state index contributed by atoms with van der Waals surface area (Å²) in [6.07, 6.45) is 4.35. The Morgan fingerprint density at radius 3 is 2.57 bits per heavy atom. The number of carbonyl (C=O) groups excluding carboxylic acids is 1. The van der Waals surface area contributed by atoms with Crippen LogP contribution in [0.15, 0.2) is 29.4 Å². The van der Waals surface area contributed by atoms with Crippen molar-refractivity contribution in [2.75, 3.05) is 27.7 Å². The fourth-order valence-electron chi connectivity index (χ4n) is 2.71. The minimum atomic E-state index is -0.427. The van der Waals surface area contributed by atoms with E-state index in [9.17, 15) is 4.79 Å². The Morgan fingerprint density at radius 1 is 1.26 bits per heavy atom. The number of nitrogens with zero attached hydrogens (tertiary/aromatic N) is 2. The maximum atomic E-state index is 12.0. The van der Waals surface area contributed by atoms with E-state index in [1.54, 1.807) is 31.4 Å². The molecule has 1 saturated carbocycles. The van der Waals surface area contributed by atoms with Gasteiger partial charge in [-0.3, -0.25) is 0 Å². The molecule has 0 spiro atoms. The van der Waals surface area contributed by atoms with Gasteiger partial charge in [-0.1, -0.05) is 11.6 Å². The van der Waals surface area contributed by atoms with Gasteiger partial charge in [-0.2, -0.15) is 0 Å². The Hall–Kier alpha value is -1.59. The van der Waals surface area contributed by atoms with E-state index in [4.69, 9.17) is 9.57 Å². The predicted molar refractivity (Wildman–Crippen MR) is 93.6 cm³/mol. The number of hydrogen-bond donors (Lipinski definition) is 0. The third-order valence-electron chi connectivity index (χ3n) is 3.86. The fourth-order valence-corrected chi connectivity index (χ4v) is 2.71. The lowest BCUT2D eigenvalue weighted by Crippen LogP contribution is -2.30. The van der Waals surface area contributed by atoms with Crippen LogP contribution in [0.3, 0.4) is 0 Å². The molecule has 1 unspecified atom stereocenters. The van der Waals surface area contributed by atoms with Gasteiger partial charge in [-0.15, -0.1) is 12.4 Å². The highest BCUT2D eigenvalue weighted by atomic mass is 35.5. The first-order valence-corrected chi connectivity index (χ1v) is 7.67. The number of carbonyl (C=O) groups is 1. The molecule has 2 rings (SSSR count). The van der Waals surface area contributed by atoms with Crippen LogP contribution in [0.1, 0.15) is 36.0 Å². The summed E-state index contributed by atoms with van der Waals surface area (Å²) < 4.78 is 5.07. The Bertz CT molecular complexity index is 529. The van der Waals surface area contributed by atoms with Gasteiger partial charge in [0, 0.05) is 12.5 Å². The molecule has 5 nitrogen and oxygen atoms in total. The van der Waals surface area contributed by atoms with Gasteiger partial charge in [-0.25, -0.2) is 4.79 Å². The molecule has 0 bridgehead atoms. The van der Waals surface area contributed by atoms with Crippen molar-refractivity contribution in [3.05, 3.63) is 29.8 Å². The minimum absolute atomic E-state index is 0. The molecule has 1 atom stereocenters. The smallest absolute Gasteiger partial charge is 0.365 e. The molecule has 0 amide bonds. The number of methoxy groups -OCH3 is 1. The standard InChI is InChI=1S/C17H24N2O3.ClH/c1-19(2)12-14-6-4-5-7-16(14)18-22-17(20)13-8-10-15(21-3)11-9-13;/h8-11,14H,4-7,12H2,1-3H3;1H/b18-16-;. The average Bonchev–Trinajstić information content (AvgIpc) is 2.53. The summed E-state index contributed by atoms with van der Waals surface area (Å²) in [6.45, 7) is 0.943. The van der Waals surface area contributed by atoms with Crippen molar-refractivity contribution in [2.24, 2.45) is 11.1 Å². The van der Waals surface area contributed by atoms with Crippen molar-refractivity contribution in [1.29, 1.82) is 0 Å². The fraction of sp³-hybridized carbons (Fsp3) is 0.529. The molecular formula is C17H25ClN2O3. The van der Waals surface area contributed by atoms with E-state index < -0.39 is 5.97 Å². The van der Waals surface area contributed by atoms with Gasteiger partial charge in [0.1, 0.15) is 5.75 Å². The third-order valence-corrected chi connectivity index (χ3v) is 3.86. The van der Waals surface area contributed by atoms with Gasteiger partial charge in [-0.05, 0) is 57.6 Å². The number of ether oxygens (including phenoxy) is 1. The summed E-state index contributed by atoms with van der Waals surface area (Å²) in [4.78, 5) is 19.3. The second-order valence-corrected chi connectivity index (χ2v) is 5.89. The van der Waals surface area contributed by atoms with Gasteiger partial charge >= 0.3 is 5.97 Å². The van der Waals surface area contributed by atoms with E-state index in [-0.39, 0.29) is 12.4 Å². The molecule has 23 heavy (non-hydrogen) atoms. The highest BCUT2D eigenvalue weighted by Gasteiger charge is 2.22. The summed E-state index contributed by atoms with van der Waals surface area (Å²) in [5, 5.41) is 4.15. The largest absolute Gasteiger partial charge is 0.497 e. The van der Waals surface area contributed by atoms with Crippen molar-refractivity contribution in [3.8, 4) is 5.75 Å². The Morgan fingerprint density at radius 2 is 1.96 bits per heavy atom. The van der Waals surface area contributed by atoms with Crippen LogP contribution in [-0.4, -0.2) is 44.3 Å². The van der Waals surface area contributed by atoms with Crippen LogP contribution in [0.5, 0.6) is 5.75 Å². The van der Waals surface area contributed by atoms with Gasteiger partial charge in [0.05, 0.1) is 18.4 Å². The van der Waals surface area contributed by atoms with Gasteiger partial charge in [0.25, 0.3) is 0 Å². The maximum absolute atomic E-state index is 12.0. The number of rotatable bonds is 5. The monoisotopic (exact) mass is 340 g/mol. The van der Waals surface area contributed by atoms with Crippen LogP contribution in [0.2, 0.25) is 0 Å². The number of hydrogen-bond acceptors (Lipinski definition) is 5. The molecule has 6 heteroatoms. The number of benzene rings is 1. The first-order valence-electron chi connectivity index (χ1n) is 7.67. The summed E-state index contributed by atoms with van der Waals surface area (Å²) >= 11 is 0. The highest BCUT2D eigenvalue weighted by molar-refractivity contribution is 5.91. The third kappa shape index (κ3) is 5.84. The molecule has 0 aliphatic heterocycles. The molecule has 0 aromatic heterocycles. The highest BCUT2D eigenvalue weighted by Crippen LogP contribution is 2.23. The lowest BCUT2D eigenvalue weighted by atomic mass is 9.87. The second kappa shape index (κ2) is 9.53. The first kappa shape index (κ1) is 19.5. The van der Waals surface area contributed by atoms with Gasteiger partial charge < -0.3 is 14.5 Å². The molecule has 0 radical (unpaired) electrons. The molecule has 0 heterocycles. The molecular weight excluding hydrogens is 316 g/mol. The zero-order valence-electron chi connectivity index (χ0n) is 13.9. The zero-order valence-corrected chi connectivity index (χ0v) is 14.8. The normalized spacial score (nSPS) is 19.3. The van der Waals surface area contributed by atoms with Crippen LogP contribution in [-0.2, 0) is 4.84 Å². The molecule has 1 fully saturated rings. The summed E-state index contributed by atoms with van der Waals surface area (Å²) in [7, 11) is 5.69. The Balaban J connectivity index is 0.00000264. The second-order valence-electron chi connectivity index (χ2n) is 5.89.